The highest BCUT2D eigenvalue weighted by Gasteiger charge is 2.28. The number of nitrogens with one attached hydrogen (secondary N) is 1. The number of hydrogen-bond donors (Lipinski definition) is 4. The number of rotatable bonds is 1. The van der Waals surface area contributed by atoms with E-state index in [1.165, 1.54) is 0 Å². The lowest BCUT2D eigenvalue weighted by Gasteiger charge is -1.88. The van der Waals surface area contributed by atoms with Gasteiger partial charge in [0.15, 0.2) is 0 Å². The fraction of sp³-hybridized carbons (Fsp3) is 0. The zero-order valence-electron chi connectivity index (χ0n) is 7.34. The molecule has 10 nitrogen and oxygen atoms in total. The van der Waals surface area contributed by atoms with Crippen molar-refractivity contribution in [3.05, 3.63) is 10.1 Å². The summed E-state index contributed by atoms with van der Waals surface area (Å²) in [6, 6.07) is 0. The summed E-state index contributed by atoms with van der Waals surface area (Å²) in [5, 5.41) is 13.1. The van der Waals surface area contributed by atoms with E-state index >= 15 is 0 Å². The Morgan fingerprint density at radius 3 is 2.60 bits per heavy atom. The number of nitrogens with zero attached hydrogens (tertiary/aromatic N) is 4. The minimum absolute atomic E-state index is 0.0581. The molecule has 10 heteroatoms. The van der Waals surface area contributed by atoms with Gasteiger partial charge in [-0.05, 0) is 0 Å². The zero-order chi connectivity index (χ0) is 11.2. The first-order chi connectivity index (χ1) is 7.00. The predicted molar refractivity (Wildman–Crippen MR) is 49.4 cm³/mol. The molecule has 0 spiro atoms. The van der Waals surface area contributed by atoms with E-state index in [2.05, 4.69) is 15.1 Å². The van der Waals surface area contributed by atoms with Gasteiger partial charge >= 0.3 is 23.2 Å². The smallest absolute Gasteiger partial charge is 0.378 e. The van der Waals surface area contributed by atoms with E-state index in [-0.39, 0.29) is 29.0 Å². The summed E-state index contributed by atoms with van der Waals surface area (Å²) >= 11 is 0. The highest BCUT2D eigenvalue weighted by atomic mass is 16.6. The van der Waals surface area contributed by atoms with Crippen molar-refractivity contribution < 1.29 is 9.44 Å². The second-order valence-corrected chi connectivity index (χ2v) is 2.73. The third-order valence-corrected chi connectivity index (χ3v) is 1.77. The molecule has 0 fully saturated rings. The van der Waals surface area contributed by atoms with E-state index in [1.54, 1.807) is 0 Å². The lowest BCUT2D eigenvalue weighted by Crippen LogP contribution is -2.31. The normalized spacial score (nSPS) is 10.7. The predicted octanol–water partition coefficient (Wildman–Crippen LogP) is -1.80. The number of nitrogens with two attached hydrogens (primary N) is 3. The van der Waals surface area contributed by atoms with E-state index in [0.717, 1.165) is 4.52 Å². The van der Waals surface area contributed by atoms with Crippen molar-refractivity contribution in [1.82, 2.24) is 15.1 Å². The maximum absolute atomic E-state index is 10.7. The molecule has 78 valence electrons. The number of aromatic nitrogens is 4. The van der Waals surface area contributed by atoms with Gasteiger partial charge < -0.3 is 17.2 Å². The second kappa shape index (κ2) is 2.67. The van der Waals surface area contributed by atoms with Crippen LogP contribution in [-0.4, -0.2) is 20.0 Å². The Bertz CT molecular complexity index is 560. The minimum Gasteiger partial charge on any atom is -0.378 e. The van der Waals surface area contributed by atoms with Crippen molar-refractivity contribution in [2.24, 2.45) is 0 Å². The van der Waals surface area contributed by atoms with Crippen molar-refractivity contribution >= 4 is 29.0 Å². The van der Waals surface area contributed by atoms with E-state index in [9.17, 15) is 10.1 Å². The monoisotopic (exact) mass is 211 g/mol. The van der Waals surface area contributed by atoms with Gasteiger partial charge in [-0.3, -0.25) is 10.1 Å². The SMILES string of the molecule is Nc1nc(N)[n+]2[nH]c(N)c([N+](=O)[O-])c2n1. The van der Waals surface area contributed by atoms with E-state index in [1.807, 2.05) is 0 Å². The average molecular weight is 211 g/mol. The highest BCUT2D eigenvalue weighted by molar-refractivity contribution is 5.67. The molecule has 2 rings (SSSR count). The first-order valence-electron chi connectivity index (χ1n) is 3.77. The summed E-state index contributed by atoms with van der Waals surface area (Å²) in [6.45, 7) is 0. The summed E-state index contributed by atoms with van der Waals surface area (Å²) in [5.41, 5.74) is 15.7. The van der Waals surface area contributed by atoms with E-state index in [4.69, 9.17) is 17.2 Å². The molecule has 0 amide bonds. The van der Waals surface area contributed by atoms with Gasteiger partial charge in [-0.25, -0.2) is 5.10 Å². The van der Waals surface area contributed by atoms with Crippen molar-refractivity contribution in [2.45, 2.75) is 0 Å². The maximum atomic E-state index is 10.7. The largest absolute Gasteiger partial charge is 0.380 e. The molecule has 2 heterocycles. The molecular weight excluding hydrogens is 204 g/mol. The number of fused-ring (bicyclic) bond motifs is 1. The Balaban J connectivity index is 2.93. The molecule has 0 aliphatic carbocycles. The molecule has 2 aromatic heterocycles. The van der Waals surface area contributed by atoms with E-state index < -0.39 is 4.92 Å². The molecule has 0 aromatic carbocycles. The Morgan fingerprint density at radius 1 is 1.33 bits per heavy atom. The van der Waals surface area contributed by atoms with Gasteiger partial charge in [0, 0.05) is 0 Å². The maximum Gasteiger partial charge on any atom is 0.380 e. The molecule has 0 bridgehead atoms. The Morgan fingerprint density at radius 2 is 2.00 bits per heavy atom. The van der Waals surface area contributed by atoms with Crippen LogP contribution in [0.5, 0.6) is 0 Å². The van der Waals surface area contributed by atoms with Crippen molar-refractivity contribution in [2.75, 3.05) is 17.2 Å². The molecule has 0 saturated carbocycles. The molecule has 0 aliphatic rings. The summed E-state index contributed by atoms with van der Waals surface area (Å²) in [6.07, 6.45) is 0. The molecule has 0 unspecified atom stereocenters. The zero-order valence-corrected chi connectivity index (χ0v) is 7.34. The van der Waals surface area contributed by atoms with Crippen LogP contribution >= 0.6 is 0 Å². The molecule has 15 heavy (non-hydrogen) atoms. The molecule has 0 atom stereocenters. The van der Waals surface area contributed by atoms with Crippen molar-refractivity contribution in [3.63, 3.8) is 0 Å². The van der Waals surface area contributed by atoms with Crippen LogP contribution in [-0.2, 0) is 0 Å². The molecule has 7 N–H and O–H groups in total. The number of nitro groups is 1. The van der Waals surface area contributed by atoms with E-state index in [0.29, 0.717) is 0 Å². The van der Waals surface area contributed by atoms with Crippen LogP contribution in [0.1, 0.15) is 0 Å². The third-order valence-electron chi connectivity index (χ3n) is 1.77. The van der Waals surface area contributed by atoms with Gasteiger partial charge in [0.05, 0.1) is 4.92 Å². The third kappa shape index (κ3) is 1.15. The van der Waals surface area contributed by atoms with Crippen LogP contribution in [0.2, 0.25) is 0 Å². The molecule has 0 aliphatic heterocycles. The summed E-state index contributed by atoms with van der Waals surface area (Å²) in [7, 11) is 0. The fourth-order valence-corrected chi connectivity index (χ4v) is 1.20. The lowest BCUT2D eigenvalue weighted by atomic mass is 10.5. The Labute approximate surface area is 81.8 Å². The number of H-pyrrole nitrogens is 1. The number of anilines is 3. The summed E-state index contributed by atoms with van der Waals surface area (Å²) in [4.78, 5) is 17.3. The summed E-state index contributed by atoms with van der Waals surface area (Å²) < 4.78 is 1.09. The first-order valence-corrected chi connectivity index (χ1v) is 3.77. The average Bonchev–Trinajstić information content (AvgIpc) is 2.41. The van der Waals surface area contributed by atoms with Crippen LogP contribution in [0.15, 0.2) is 0 Å². The van der Waals surface area contributed by atoms with Gasteiger partial charge in [-0.15, -0.1) is 4.52 Å². The Hall–Kier alpha value is -2.65. The van der Waals surface area contributed by atoms with Crippen LogP contribution in [0, 0.1) is 10.1 Å². The van der Waals surface area contributed by atoms with Gasteiger partial charge in [-0.2, -0.15) is 0 Å². The van der Waals surface area contributed by atoms with Gasteiger partial charge in [0.25, 0.3) is 0 Å². The highest BCUT2D eigenvalue weighted by Crippen LogP contribution is 2.21. The first kappa shape index (κ1) is 8.93. The van der Waals surface area contributed by atoms with Gasteiger partial charge in [0.1, 0.15) is 0 Å². The van der Waals surface area contributed by atoms with Crippen LogP contribution < -0.4 is 21.7 Å². The number of aromatic amines is 1. The quantitative estimate of drug-likeness (QED) is 0.245. The number of nitrogen functional groups attached to an aromatic ring is 3. The van der Waals surface area contributed by atoms with Gasteiger partial charge in [0.2, 0.25) is 5.82 Å². The molecule has 0 radical (unpaired) electrons. The lowest BCUT2D eigenvalue weighted by molar-refractivity contribution is -0.566. The van der Waals surface area contributed by atoms with Crippen molar-refractivity contribution in [3.8, 4) is 0 Å². The molecule has 2 aromatic rings. The van der Waals surface area contributed by atoms with Crippen LogP contribution in [0.3, 0.4) is 0 Å². The topological polar surface area (TPSA) is 167 Å². The standard InChI is InChI=1S/C5H6N8O2/c6-2-1(13(14)15)3-9-4(7)10-5(8)12(3)11-2/h(H6,6,7,8,9,10,11)/p+1. The van der Waals surface area contributed by atoms with Gasteiger partial charge in [-0.1, -0.05) is 9.97 Å². The fourth-order valence-electron chi connectivity index (χ4n) is 1.20. The molecular formula is C5H7N8O2+. The molecule has 0 saturated heterocycles. The van der Waals surface area contributed by atoms with Crippen LogP contribution in [0.25, 0.3) is 5.65 Å². The van der Waals surface area contributed by atoms with Crippen LogP contribution in [0.4, 0.5) is 23.4 Å². The minimum atomic E-state index is -0.674. The number of hydrogen-bond acceptors (Lipinski definition) is 7. The second-order valence-electron chi connectivity index (χ2n) is 2.73. The summed E-state index contributed by atoms with van der Waals surface area (Å²) in [5.74, 6) is -0.376. The van der Waals surface area contributed by atoms with Crippen molar-refractivity contribution in [1.29, 1.82) is 0 Å². The Kier molecular flexibility index (Phi) is 1.59.